The van der Waals surface area contributed by atoms with Crippen molar-refractivity contribution in [2.24, 2.45) is 0 Å². The van der Waals surface area contributed by atoms with Crippen LogP contribution in [0.2, 0.25) is 0 Å². The molecule has 1 heterocycles. The van der Waals surface area contributed by atoms with Crippen molar-refractivity contribution in [3.63, 3.8) is 0 Å². The zero-order chi connectivity index (χ0) is 17.8. The molecule has 0 unspecified atom stereocenters. The Hall–Kier alpha value is -3.29. The molecular formula is C17H16N2O6. The number of nitro benzene ring substituents is 1. The van der Waals surface area contributed by atoms with Crippen LogP contribution in [-0.2, 0) is 4.79 Å². The topological polar surface area (TPSA) is 99.9 Å². The predicted octanol–water partition coefficient (Wildman–Crippen LogP) is 2.77. The first-order chi connectivity index (χ1) is 12.0. The first kappa shape index (κ1) is 16.6. The molecule has 1 N–H and O–H groups in total. The Labute approximate surface area is 143 Å². The third kappa shape index (κ3) is 3.79. The Kier molecular flexibility index (Phi) is 4.69. The van der Waals surface area contributed by atoms with Gasteiger partial charge in [0.2, 0.25) is 0 Å². The molecule has 1 atom stereocenters. The Morgan fingerprint density at radius 3 is 2.68 bits per heavy atom. The number of carbonyl (C=O) groups is 1. The first-order valence-electron chi connectivity index (χ1n) is 7.65. The van der Waals surface area contributed by atoms with Gasteiger partial charge in [-0.15, -0.1) is 0 Å². The van der Waals surface area contributed by atoms with E-state index in [2.05, 4.69) is 5.32 Å². The molecule has 0 aliphatic carbocycles. The van der Waals surface area contributed by atoms with Crippen molar-refractivity contribution in [3.05, 3.63) is 52.6 Å². The van der Waals surface area contributed by atoms with E-state index >= 15 is 0 Å². The Morgan fingerprint density at radius 2 is 1.92 bits per heavy atom. The van der Waals surface area contributed by atoms with Crippen molar-refractivity contribution in [1.82, 2.24) is 0 Å². The highest BCUT2D eigenvalue weighted by Gasteiger charge is 2.21. The van der Waals surface area contributed by atoms with Gasteiger partial charge in [0.1, 0.15) is 13.2 Å². The van der Waals surface area contributed by atoms with Crippen LogP contribution >= 0.6 is 0 Å². The Bertz CT molecular complexity index is 807. The van der Waals surface area contributed by atoms with Crippen LogP contribution in [0, 0.1) is 10.1 Å². The lowest BCUT2D eigenvalue weighted by atomic mass is 10.2. The van der Waals surface area contributed by atoms with Crippen LogP contribution in [0.3, 0.4) is 0 Å². The molecule has 0 radical (unpaired) electrons. The highest BCUT2D eigenvalue weighted by atomic mass is 16.6. The van der Waals surface area contributed by atoms with Crippen LogP contribution in [0.4, 0.5) is 11.4 Å². The van der Waals surface area contributed by atoms with Crippen molar-refractivity contribution in [2.75, 3.05) is 18.5 Å². The van der Waals surface area contributed by atoms with Crippen molar-refractivity contribution >= 4 is 17.3 Å². The van der Waals surface area contributed by atoms with Crippen LogP contribution in [0.25, 0.3) is 0 Å². The third-order valence-electron chi connectivity index (χ3n) is 3.54. The molecule has 3 rings (SSSR count). The van der Waals surface area contributed by atoms with Crippen molar-refractivity contribution < 1.29 is 23.9 Å². The molecule has 0 saturated carbocycles. The van der Waals surface area contributed by atoms with Crippen LogP contribution in [-0.4, -0.2) is 30.1 Å². The van der Waals surface area contributed by atoms with E-state index in [1.807, 2.05) is 0 Å². The molecule has 8 heteroatoms. The molecular weight excluding hydrogens is 328 g/mol. The standard InChI is InChI=1S/C17H16N2O6/c1-11(25-14-5-3-2-4-13(14)19(21)22)17(20)18-12-6-7-15-16(10-12)24-9-8-23-15/h2-7,10-11H,8-9H2,1H3,(H,18,20)/t11-/m0/s1. The lowest BCUT2D eigenvalue weighted by molar-refractivity contribution is -0.386. The number of nitrogens with one attached hydrogen (secondary N) is 1. The third-order valence-corrected chi connectivity index (χ3v) is 3.54. The van der Waals surface area contributed by atoms with Gasteiger partial charge >= 0.3 is 5.69 Å². The largest absolute Gasteiger partial charge is 0.486 e. The van der Waals surface area contributed by atoms with Crippen molar-refractivity contribution in [2.45, 2.75) is 13.0 Å². The zero-order valence-electron chi connectivity index (χ0n) is 13.4. The van der Waals surface area contributed by atoms with E-state index in [0.717, 1.165) is 0 Å². The molecule has 25 heavy (non-hydrogen) atoms. The number of fused-ring (bicyclic) bond motifs is 1. The highest BCUT2D eigenvalue weighted by Crippen LogP contribution is 2.33. The molecule has 0 bridgehead atoms. The second-order valence-electron chi connectivity index (χ2n) is 5.33. The average molecular weight is 344 g/mol. The van der Waals surface area contributed by atoms with Crippen LogP contribution in [0.15, 0.2) is 42.5 Å². The van der Waals surface area contributed by atoms with E-state index in [4.69, 9.17) is 14.2 Å². The van der Waals surface area contributed by atoms with Crippen LogP contribution in [0.1, 0.15) is 6.92 Å². The van der Waals surface area contributed by atoms with Gasteiger partial charge in [0.15, 0.2) is 23.4 Å². The van der Waals surface area contributed by atoms with Gasteiger partial charge in [-0.3, -0.25) is 14.9 Å². The van der Waals surface area contributed by atoms with Crippen molar-refractivity contribution in [3.8, 4) is 17.2 Å². The summed E-state index contributed by atoms with van der Waals surface area (Å²) in [5.41, 5.74) is 0.328. The molecule has 0 aromatic heterocycles. The fourth-order valence-electron chi connectivity index (χ4n) is 2.32. The highest BCUT2D eigenvalue weighted by molar-refractivity contribution is 5.94. The number of rotatable bonds is 5. The summed E-state index contributed by atoms with van der Waals surface area (Å²) in [7, 11) is 0. The number of hydrogen-bond donors (Lipinski definition) is 1. The van der Waals surface area contributed by atoms with E-state index in [1.54, 1.807) is 24.3 Å². The molecule has 0 spiro atoms. The summed E-state index contributed by atoms with van der Waals surface area (Å²) in [6.07, 6.45) is -0.922. The van der Waals surface area contributed by atoms with Gasteiger partial charge in [0.05, 0.1) is 4.92 Å². The molecule has 2 aromatic carbocycles. The number of hydrogen-bond acceptors (Lipinski definition) is 6. The van der Waals surface area contributed by atoms with Gasteiger partial charge in [-0.05, 0) is 25.1 Å². The van der Waals surface area contributed by atoms with E-state index in [-0.39, 0.29) is 11.4 Å². The van der Waals surface area contributed by atoms with Gasteiger partial charge in [-0.2, -0.15) is 0 Å². The van der Waals surface area contributed by atoms with E-state index in [9.17, 15) is 14.9 Å². The minimum atomic E-state index is -0.922. The quantitative estimate of drug-likeness (QED) is 0.661. The van der Waals surface area contributed by atoms with Crippen LogP contribution in [0.5, 0.6) is 17.2 Å². The van der Waals surface area contributed by atoms with E-state index in [0.29, 0.717) is 30.4 Å². The van der Waals surface area contributed by atoms with Gasteiger partial charge in [-0.25, -0.2) is 0 Å². The molecule has 8 nitrogen and oxygen atoms in total. The summed E-state index contributed by atoms with van der Waals surface area (Å²) in [5, 5.41) is 13.7. The normalized spacial score (nSPS) is 13.6. The maximum atomic E-state index is 12.3. The summed E-state index contributed by atoms with van der Waals surface area (Å²) in [5.74, 6) is 0.775. The molecule has 1 aliphatic rings. The Morgan fingerprint density at radius 1 is 1.20 bits per heavy atom. The Balaban J connectivity index is 1.68. The summed E-state index contributed by atoms with van der Waals surface area (Å²) in [4.78, 5) is 22.7. The number of anilines is 1. The fourth-order valence-corrected chi connectivity index (χ4v) is 2.32. The molecule has 0 saturated heterocycles. The minimum Gasteiger partial charge on any atom is -0.486 e. The molecule has 1 aliphatic heterocycles. The number of nitrogens with zero attached hydrogens (tertiary/aromatic N) is 1. The molecule has 0 fully saturated rings. The number of ether oxygens (including phenoxy) is 3. The number of nitro groups is 1. The molecule has 130 valence electrons. The van der Waals surface area contributed by atoms with Gasteiger partial charge in [0, 0.05) is 17.8 Å². The number of carbonyl (C=O) groups excluding carboxylic acids is 1. The number of para-hydroxylation sites is 2. The monoisotopic (exact) mass is 344 g/mol. The minimum absolute atomic E-state index is 0.0392. The second kappa shape index (κ2) is 7.08. The SMILES string of the molecule is C[C@H](Oc1ccccc1[N+](=O)[O-])C(=O)Nc1ccc2c(c1)OCCO2. The lowest BCUT2D eigenvalue weighted by Gasteiger charge is -2.19. The van der Waals surface area contributed by atoms with Gasteiger partial charge < -0.3 is 19.5 Å². The van der Waals surface area contributed by atoms with Crippen LogP contribution < -0.4 is 19.5 Å². The first-order valence-corrected chi connectivity index (χ1v) is 7.65. The maximum absolute atomic E-state index is 12.3. The lowest BCUT2D eigenvalue weighted by Crippen LogP contribution is -2.30. The number of benzene rings is 2. The second-order valence-corrected chi connectivity index (χ2v) is 5.33. The van der Waals surface area contributed by atoms with Gasteiger partial charge in [-0.1, -0.05) is 12.1 Å². The average Bonchev–Trinajstić information content (AvgIpc) is 2.61. The zero-order valence-corrected chi connectivity index (χ0v) is 13.4. The van der Waals surface area contributed by atoms with E-state index in [1.165, 1.54) is 25.1 Å². The smallest absolute Gasteiger partial charge is 0.310 e. The summed E-state index contributed by atoms with van der Waals surface area (Å²) in [6, 6.07) is 11.0. The van der Waals surface area contributed by atoms with E-state index < -0.39 is 16.9 Å². The summed E-state index contributed by atoms with van der Waals surface area (Å²) >= 11 is 0. The maximum Gasteiger partial charge on any atom is 0.310 e. The molecule has 1 amide bonds. The summed E-state index contributed by atoms with van der Waals surface area (Å²) in [6.45, 7) is 2.45. The molecule has 2 aromatic rings. The summed E-state index contributed by atoms with van der Waals surface area (Å²) < 4.78 is 16.3. The van der Waals surface area contributed by atoms with Gasteiger partial charge in [0.25, 0.3) is 5.91 Å². The predicted molar refractivity (Wildman–Crippen MR) is 89.2 cm³/mol. The fraction of sp³-hybridized carbons (Fsp3) is 0.235. The number of amides is 1. The van der Waals surface area contributed by atoms with Crippen molar-refractivity contribution in [1.29, 1.82) is 0 Å².